The van der Waals surface area contributed by atoms with Crippen LogP contribution in [0.15, 0.2) is 24.4 Å². The van der Waals surface area contributed by atoms with Gasteiger partial charge in [-0.15, -0.1) is 0 Å². The van der Waals surface area contributed by atoms with E-state index < -0.39 is 4.92 Å². The number of nitrogens with one attached hydrogen (secondary N) is 1. The molecule has 0 saturated carbocycles. The van der Waals surface area contributed by atoms with Gasteiger partial charge in [0.25, 0.3) is 5.69 Å². The molecule has 8 heteroatoms. The van der Waals surface area contributed by atoms with Crippen LogP contribution in [0.5, 0.6) is 0 Å². The monoisotopic (exact) mass is 281 g/mol. The fourth-order valence-electron chi connectivity index (χ4n) is 1.72. The topological polar surface area (TPSA) is 99.0 Å². The molecule has 0 bridgehead atoms. The van der Waals surface area contributed by atoms with Crippen molar-refractivity contribution >= 4 is 23.0 Å². The molecule has 1 heterocycles. The molecule has 0 aliphatic rings. The van der Waals surface area contributed by atoms with Crippen molar-refractivity contribution in [3.63, 3.8) is 0 Å². The Morgan fingerprint density at radius 2 is 2.32 bits per heavy atom. The van der Waals surface area contributed by atoms with Crippen molar-refractivity contribution < 1.29 is 4.92 Å². The number of nitro groups is 1. The van der Waals surface area contributed by atoms with Gasteiger partial charge in [-0.1, -0.05) is 17.7 Å². The zero-order chi connectivity index (χ0) is 14.0. The SMILES string of the molecule is Cc1nn(Cc2ccc([N+](=O)[O-])c(NN)c2)cc1Cl. The number of aryl methyl sites for hydroxylation is 1. The van der Waals surface area contributed by atoms with Crippen molar-refractivity contribution in [2.45, 2.75) is 13.5 Å². The van der Waals surface area contributed by atoms with E-state index in [2.05, 4.69) is 10.5 Å². The molecule has 0 spiro atoms. The highest BCUT2D eigenvalue weighted by Gasteiger charge is 2.13. The highest BCUT2D eigenvalue weighted by molar-refractivity contribution is 6.31. The van der Waals surface area contributed by atoms with Crippen molar-refractivity contribution in [3.8, 4) is 0 Å². The van der Waals surface area contributed by atoms with Crippen LogP contribution in [0.3, 0.4) is 0 Å². The highest BCUT2D eigenvalue weighted by atomic mass is 35.5. The molecule has 0 unspecified atom stereocenters. The zero-order valence-electron chi connectivity index (χ0n) is 10.1. The summed E-state index contributed by atoms with van der Waals surface area (Å²) in [6.07, 6.45) is 1.70. The van der Waals surface area contributed by atoms with Crippen LogP contribution in [0.25, 0.3) is 0 Å². The van der Waals surface area contributed by atoms with Gasteiger partial charge in [0, 0.05) is 12.3 Å². The van der Waals surface area contributed by atoms with Crippen molar-refractivity contribution in [1.82, 2.24) is 9.78 Å². The Kier molecular flexibility index (Phi) is 3.68. The Bertz CT molecular complexity index is 606. The molecule has 2 aromatic rings. The number of nitrogen functional groups attached to an aromatic ring is 1. The standard InChI is InChI=1S/C11H12ClN5O2/c1-7-9(12)6-16(15-7)5-8-2-3-11(17(18)19)10(4-8)14-13/h2-4,6,14H,5,13H2,1H3. The molecule has 2 rings (SSSR count). The lowest BCUT2D eigenvalue weighted by Crippen LogP contribution is -2.10. The highest BCUT2D eigenvalue weighted by Crippen LogP contribution is 2.25. The molecule has 7 nitrogen and oxygen atoms in total. The fourth-order valence-corrected chi connectivity index (χ4v) is 1.87. The molecular weight excluding hydrogens is 270 g/mol. The molecule has 0 aliphatic carbocycles. The van der Waals surface area contributed by atoms with Gasteiger partial charge >= 0.3 is 0 Å². The van der Waals surface area contributed by atoms with E-state index in [4.69, 9.17) is 17.4 Å². The minimum Gasteiger partial charge on any atom is -0.318 e. The molecule has 1 aromatic carbocycles. The van der Waals surface area contributed by atoms with E-state index in [9.17, 15) is 10.1 Å². The van der Waals surface area contributed by atoms with Crippen LogP contribution in [-0.4, -0.2) is 14.7 Å². The molecule has 100 valence electrons. The Hall–Kier alpha value is -2.12. The normalized spacial score (nSPS) is 10.5. The van der Waals surface area contributed by atoms with E-state index in [1.165, 1.54) is 6.07 Å². The van der Waals surface area contributed by atoms with E-state index in [0.717, 1.165) is 11.3 Å². The molecule has 19 heavy (non-hydrogen) atoms. The second-order valence-electron chi connectivity index (χ2n) is 4.01. The second-order valence-corrected chi connectivity index (χ2v) is 4.42. The van der Waals surface area contributed by atoms with Gasteiger partial charge < -0.3 is 5.43 Å². The number of hydrogen-bond acceptors (Lipinski definition) is 5. The first-order valence-electron chi connectivity index (χ1n) is 5.44. The molecule has 3 N–H and O–H groups in total. The van der Waals surface area contributed by atoms with Crippen LogP contribution in [0, 0.1) is 17.0 Å². The smallest absolute Gasteiger partial charge is 0.293 e. The lowest BCUT2D eigenvalue weighted by molar-refractivity contribution is -0.384. The van der Waals surface area contributed by atoms with E-state index in [-0.39, 0.29) is 11.4 Å². The van der Waals surface area contributed by atoms with Crippen LogP contribution in [-0.2, 0) is 6.54 Å². The van der Waals surface area contributed by atoms with Gasteiger partial charge in [0.1, 0.15) is 5.69 Å². The van der Waals surface area contributed by atoms with Crippen LogP contribution < -0.4 is 11.3 Å². The van der Waals surface area contributed by atoms with E-state index in [1.807, 2.05) is 6.92 Å². The first-order valence-corrected chi connectivity index (χ1v) is 5.82. The van der Waals surface area contributed by atoms with E-state index in [0.29, 0.717) is 11.6 Å². The van der Waals surface area contributed by atoms with Gasteiger partial charge in [-0.3, -0.25) is 20.6 Å². The van der Waals surface area contributed by atoms with Crippen LogP contribution in [0.1, 0.15) is 11.3 Å². The maximum absolute atomic E-state index is 10.8. The number of hydrazine groups is 1. The number of aromatic nitrogens is 2. The Morgan fingerprint density at radius 3 is 2.84 bits per heavy atom. The maximum atomic E-state index is 10.8. The zero-order valence-corrected chi connectivity index (χ0v) is 10.9. The quantitative estimate of drug-likeness (QED) is 0.508. The third-order valence-electron chi connectivity index (χ3n) is 2.64. The van der Waals surface area contributed by atoms with Gasteiger partial charge in [0.2, 0.25) is 0 Å². The summed E-state index contributed by atoms with van der Waals surface area (Å²) in [4.78, 5) is 10.3. The van der Waals surface area contributed by atoms with E-state index >= 15 is 0 Å². The third kappa shape index (κ3) is 2.83. The number of hydrogen-bond donors (Lipinski definition) is 2. The lowest BCUT2D eigenvalue weighted by atomic mass is 10.1. The third-order valence-corrected chi connectivity index (χ3v) is 3.02. The molecule has 0 atom stereocenters. The first kappa shape index (κ1) is 13.3. The fraction of sp³-hybridized carbons (Fsp3) is 0.182. The van der Waals surface area contributed by atoms with Crippen molar-refractivity contribution in [3.05, 3.63) is 50.8 Å². The number of nitro benzene ring substituents is 1. The first-order chi connectivity index (χ1) is 9.01. The minimum atomic E-state index is -0.492. The summed E-state index contributed by atoms with van der Waals surface area (Å²) in [6.45, 7) is 2.27. The summed E-state index contributed by atoms with van der Waals surface area (Å²) < 4.78 is 1.67. The van der Waals surface area contributed by atoms with Crippen LogP contribution >= 0.6 is 11.6 Å². The Labute approximate surface area is 114 Å². The predicted molar refractivity (Wildman–Crippen MR) is 72.0 cm³/mol. The summed E-state index contributed by atoms with van der Waals surface area (Å²) in [5, 5.41) is 15.6. The number of anilines is 1. The number of nitrogens with two attached hydrogens (primary N) is 1. The average molecular weight is 282 g/mol. The molecule has 0 fully saturated rings. The molecule has 1 aromatic heterocycles. The molecule has 0 aliphatic heterocycles. The Morgan fingerprint density at radius 1 is 1.58 bits per heavy atom. The number of nitrogens with zero attached hydrogens (tertiary/aromatic N) is 3. The predicted octanol–water partition coefficient (Wildman–Crippen LogP) is 2.09. The average Bonchev–Trinajstić information content (AvgIpc) is 2.67. The van der Waals surface area contributed by atoms with E-state index in [1.54, 1.807) is 23.0 Å². The summed E-state index contributed by atoms with van der Waals surface area (Å²) >= 11 is 5.92. The number of benzene rings is 1. The second kappa shape index (κ2) is 5.25. The van der Waals surface area contributed by atoms with Gasteiger partial charge in [-0.05, 0) is 18.6 Å². The van der Waals surface area contributed by atoms with Gasteiger partial charge in [0.05, 0.1) is 22.2 Å². The molecular formula is C11H12ClN5O2. The van der Waals surface area contributed by atoms with Gasteiger partial charge in [-0.25, -0.2) is 0 Å². The lowest BCUT2D eigenvalue weighted by Gasteiger charge is -2.06. The minimum absolute atomic E-state index is 0.0686. The summed E-state index contributed by atoms with van der Waals surface area (Å²) in [6, 6.07) is 4.68. The van der Waals surface area contributed by atoms with Crippen LogP contribution in [0.4, 0.5) is 11.4 Å². The number of halogens is 1. The summed E-state index contributed by atoms with van der Waals surface area (Å²) in [5.74, 6) is 5.28. The Balaban J connectivity index is 2.28. The molecule has 0 amide bonds. The summed E-state index contributed by atoms with van der Waals surface area (Å²) in [5.41, 5.74) is 4.08. The van der Waals surface area contributed by atoms with Crippen molar-refractivity contribution in [2.75, 3.05) is 5.43 Å². The number of rotatable bonds is 4. The van der Waals surface area contributed by atoms with Crippen molar-refractivity contribution in [2.24, 2.45) is 5.84 Å². The maximum Gasteiger partial charge on any atom is 0.293 e. The van der Waals surface area contributed by atoms with Gasteiger partial charge in [-0.2, -0.15) is 5.10 Å². The molecule has 0 radical (unpaired) electrons. The van der Waals surface area contributed by atoms with Crippen LogP contribution in [0.2, 0.25) is 5.02 Å². The largest absolute Gasteiger partial charge is 0.318 e. The van der Waals surface area contributed by atoms with Crippen molar-refractivity contribution in [1.29, 1.82) is 0 Å². The summed E-state index contributed by atoms with van der Waals surface area (Å²) in [7, 11) is 0. The molecule has 0 saturated heterocycles. The van der Waals surface area contributed by atoms with Gasteiger partial charge in [0.15, 0.2) is 0 Å².